The molecular weight excluding hydrogens is 458 g/mol. The van der Waals surface area contributed by atoms with Crippen LogP contribution in [0, 0.1) is 5.41 Å². The van der Waals surface area contributed by atoms with Crippen LogP contribution in [-0.2, 0) is 6.54 Å². The molecular formula is C30H29N7. The Labute approximate surface area is 216 Å². The molecule has 2 fully saturated rings. The van der Waals surface area contributed by atoms with Crippen LogP contribution in [0.3, 0.4) is 0 Å². The average Bonchev–Trinajstić information content (AvgIpc) is 3.55. The highest BCUT2D eigenvalue weighted by atomic mass is 15.2. The number of likely N-dealkylation sites (tertiary alicyclic amines) is 1. The summed E-state index contributed by atoms with van der Waals surface area (Å²) in [5, 5.41) is 3.52. The summed E-state index contributed by atoms with van der Waals surface area (Å²) in [7, 11) is 0. The number of nitrogen functional groups attached to an aromatic ring is 1. The highest BCUT2D eigenvalue weighted by molar-refractivity contribution is 5.84. The second-order valence-electron chi connectivity index (χ2n) is 10.4. The van der Waals surface area contributed by atoms with E-state index in [1.165, 1.54) is 25.1 Å². The highest BCUT2D eigenvalue weighted by Crippen LogP contribution is 2.37. The van der Waals surface area contributed by atoms with E-state index in [-0.39, 0.29) is 0 Å². The Bertz CT molecular complexity index is 1560. The number of nitrogens with one attached hydrogen (secondary N) is 1. The van der Waals surface area contributed by atoms with Crippen molar-refractivity contribution in [1.82, 2.24) is 29.7 Å². The standard InChI is InChI=1S/C30H29N7/c31-27-24(7-4-15-33-27)28-35-26-13-12-25(22-5-2-1-3-6-22)34-29(26)37(28)23-10-8-21(9-11-23)17-36-19-30(20-36)14-16-32-18-30/h1-13,15,32H,14,16-20H2,(H2,31,33). The Morgan fingerprint density at radius 2 is 1.73 bits per heavy atom. The number of fused-ring (bicyclic) bond motifs is 1. The van der Waals surface area contributed by atoms with Gasteiger partial charge >= 0.3 is 0 Å². The van der Waals surface area contributed by atoms with Crippen molar-refractivity contribution in [3.05, 3.63) is 90.6 Å². The van der Waals surface area contributed by atoms with Crippen molar-refractivity contribution in [3.8, 4) is 28.3 Å². The molecule has 0 radical (unpaired) electrons. The summed E-state index contributed by atoms with van der Waals surface area (Å²) < 4.78 is 2.10. The van der Waals surface area contributed by atoms with Crippen LogP contribution in [0.25, 0.3) is 39.5 Å². The first-order chi connectivity index (χ1) is 18.2. The zero-order valence-electron chi connectivity index (χ0n) is 20.6. The van der Waals surface area contributed by atoms with Crippen LogP contribution in [0.2, 0.25) is 0 Å². The summed E-state index contributed by atoms with van der Waals surface area (Å²) in [5.41, 5.74) is 13.5. The third kappa shape index (κ3) is 3.97. The lowest BCUT2D eigenvalue weighted by molar-refractivity contribution is 0.0103. The summed E-state index contributed by atoms with van der Waals surface area (Å²) >= 11 is 0. The molecule has 37 heavy (non-hydrogen) atoms. The number of aromatic nitrogens is 4. The number of nitrogens with two attached hydrogens (primary N) is 1. The second-order valence-corrected chi connectivity index (χ2v) is 10.4. The lowest BCUT2D eigenvalue weighted by Gasteiger charge is -2.48. The number of hydrogen-bond acceptors (Lipinski definition) is 6. The molecule has 2 saturated heterocycles. The van der Waals surface area contributed by atoms with Gasteiger partial charge in [-0.25, -0.2) is 15.0 Å². The maximum Gasteiger partial charge on any atom is 0.165 e. The maximum absolute atomic E-state index is 6.30. The molecule has 2 aliphatic heterocycles. The van der Waals surface area contributed by atoms with Crippen molar-refractivity contribution >= 4 is 17.0 Å². The molecule has 0 bridgehead atoms. The van der Waals surface area contributed by atoms with Crippen molar-refractivity contribution in [3.63, 3.8) is 0 Å². The lowest BCUT2D eigenvalue weighted by atomic mass is 9.79. The molecule has 0 unspecified atom stereocenters. The highest BCUT2D eigenvalue weighted by Gasteiger charge is 2.44. The molecule has 7 heteroatoms. The molecule has 7 rings (SSSR count). The summed E-state index contributed by atoms with van der Waals surface area (Å²) in [6.45, 7) is 5.67. The van der Waals surface area contributed by atoms with Crippen LogP contribution in [0.5, 0.6) is 0 Å². The largest absolute Gasteiger partial charge is 0.383 e. The normalized spacial score (nSPS) is 16.9. The second kappa shape index (κ2) is 8.80. The van der Waals surface area contributed by atoms with Gasteiger partial charge in [-0.1, -0.05) is 42.5 Å². The first-order valence-corrected chi connectivity index (χ1v) is 12.9. The lowest BCUT2D eigenvalue weighted by Crippen LogP contribution is -2.56. The van der Waals surface area contributed by atoms with E-state index in [1.807, 2.05) is 42.5 Å². The van der Waals surface area contributed by atoms with Crippen molar-refractivity contribution in [2.75, 3.05) is 31.9 Å². The van der Waals surface area contributed by atoms with Crippen LogP contribution in [0.1, 0.15) is 12.0 Å². The number of pyridine rings is 2. The smallest absolute Gasteiger partial charge is 0.165 e. The van der Waals surface area contributed by atoms with E-state index in [9.17, 15) is 0 Å². The fraction of sp³-hybridized carbons (Fsp3) is 0.233. The summed E-state index contributed by atoms with van der Waals surface area (Å²) in [5.74, 6) is 1.19. The number of hydrogen-bond donors (Lipinski definition) is 2. The van der Waals surface area contributed by atoms with Crippen LogP contribution in [0.4, 0.5) is 5.82 Å². The molecule has 0 atom stereocenters. The Morgan fingerprint density at radius 1 is 0.892 bits per heavy atom. The minimum Gasteiger partial charge on any atom is -0.383 e. The number of anilines is 1. The third-order valence-electron chi connectivity index (χ3n) is 7.70. The van der Waals surface area contributed by atoms with Gasteiger partial charge in [0.25, 0.3) is 0 Å². The molecule has 184 valence electrons. The van der Waals surface area contributed by atoms with Gasteiger partial charge in [-0.05, 0) is 54.9 Å². The van der Waals surface area contributed by atoms with Gasteiger partial charge in [-0.15, -0.1) is 0 Å². The van der Waals surface area contributed by atoms with Gasteiger partial charge < -0.3 is 11.1 Å². The van der Waals surface area contributed by atoms with Crippen LogP contribution >= 0.6 is 0 Å². The average molecular weight is 488 g/mol. The van der Waals surface area contributed by atoms with Gasteiger partial charge in [0.2, 0.25) is 0 Å². The molecule has 5 aromatic rings. The van der Waals surface area contributed by atoms with Gasteiger partial charge in [0, 0.05) is 49.0 Å². The summed E-state index contributed by atoms with van der Waals surface area (Å²) in [6, 6.07) is 26.9. The fourth-order valence-corrected chi connectivity index (χ4v) is 5.85. The molecule has 5 heterocycles. The van der Waals surface area contributed by atoms with Crippen molar-refractivity contribution in [2.45, 2.75) is 13.0 Å². The van der Waals surface area contributed by atoms with Crippen molar-refractivity contribution in [1.29, 1.82) is 0 Å². The van der Waals surface area contributed by atoms with Crippen molar-refractivity contribution in [2.24, 2.45) is 5.41 Å². The zero-order valence-corrected chi connectivity index (χ0v) is 20.6. The van der Waals surface area contributed by atoms with Gasteiger partial charge in [-0.2, -0.15) is 0 Å². The number of benzene rings is 2. The molecule has 3 N–H and O–H groups in total. The predicted molar refractivity (Wildman–Crippen MR) is 147 cm³/mol. The Hall–Kier alpha value is -4.07. The molecule has 2 aliphatic rings. The number of rotatable bonds is 5. The van der Waals surface area contributed by atoms with Crippen molar-refractivity contribution < 1.29 is 0 Å². The van der Waals surface area contributed by atoms with E-state index in [0.717, 1.165) is 59.1 Å². The van der Waals surface area contributed by atoms with E-state index in [0.29, 0.717) is 11.2 Å². The van der Waals surface area contributed by atoms with E-state index in [1.54, 1.807) is 6.20 Å². The molecule has 0 aliphatic carbocycles. The van der Waals surface area contributed by atoms with E-state index in [2.05, 4.69) is 56.2 Å². The third-order valence-corrected chi connectivity index (χ3v) is 7.70. The fourth-order valence-electron chi connectivity index (χ4n) is 5.85. The molecule has 1 spiro atoms. The first kappa shape index (κ1) is 22.2. The number of imidazole rings is 1. The first-order valence-electron chi connectivity index (χ1n) is 12.9. The summed E-state index contributed by atoms with van der Waals surface area (Å²) in [6.07, 6.45) is 3.00. The minimum atomic E-state index is 0.451. The number of nitrogens with zero attached hydrogens (tertiary/aromatic N) is 5. The topological polar surface area (TPSA) is 84.9 Å². The predicted octanol–water partition coefficient (Wildman–Crippen LogP) is 4.53. The van der Waals surface area contributed by atoms with Gasteiger partial charge in [0.15, 0.2) is 11.5 Å². The molecule has 7 nitrogen and oxygen atoms in total. The minimum absolute atomic E-state index is 0.451. The van der Waals surface area contributed by atoms with E-state index >= 15 is 0 Å². The molecule has 2 aromatic carbocycles. The van der Waals surface area contributed by atoms with Gasteiger partial charge in [0.05, 0.1) is 11.3 Å². The SMILES string of the molecule is Nc1ncccc1-c1nc2ccc(-c3ccccc3)nc2n1-c1ccc(CN2CC3(CCNC3)C2)cc1. The van der Waals surface area contributed by atoms with Crippen LogP contribution in [-0.4, -0.2) is 50.6 Å². The molecule has 3 aromatic heterocycles. The molecule has 0 amide bonds. The van der Waals surface area contributed by atoms with Crippen LogP contribution < -0.4 is 11.1 Å². The van der Waals surface area contributed by atoms with Crippen LogP contribution in [0.15, 0.2) is 85.1 Å². The van der Waals surface area contributed by atoms with Gasteiger partial charge in [-0.3, -0.25) is 9.47 Å². The molecule has 0 saturated carbocycles. The maximum atomic E-state index is 6.30. The summed E-state index contributed by atoms with van der Waals surface area (Å²) in [4.78, 5) is 16.9. The Morgan fingerprint density at radius 3 is 2.49 bits per heavy atom. The van der Waals surface area contributed by atoms with E-state index in [4.69, 9.17) is 15.7 Å². The quantitative estimate of drug-likeness (QED) is 0.379. The van der Waals surface area contributed by atoms with E-state index < -0.39 is 0 Å². The monoisotopic (exact) mass is 487 g/mol. The zero-order chi connectivity index (χ0) is 24.8. The Kier molecular flexibility index (Phi) is 5.27. The Balaban J connectivity index is 1.27. The van der Waals surface area contributed by atoms with Gasteiger partial charge in [0.1, 0.15) is 11.3 Å².